The third-order valence-corrected chi connectivity index (χ3v) is 5.09. The van der Waals surface area contributed by atoms with Crippen LogP contribution >= 0.6 is 0 Å². The Labute approximate surface area is 160 Å². The third-order valence-electron chi connectivity index (χ3n) is 5.09. The van der Waals surface area contributed by atoms with Crippen LogP contribution in [0.2, 0.25) is 0 Å². The molecular formula is C23H24N2O2. The summed E-state index contributed by atoms with van der Waals surface area (Å²) in [7, 11) is 0. The number of aliphatic hydroxyl groups is 1. The zero-order valence-corrected chi connectivity index (χ0v) is 15.3. The zero-order chi connectivity index (χ0) is 18.5. The Balaban J connectivity index is 1.66. The summed E-state index contributed by atoms with van der Waals surface area (Å²) in [6.07, 6.45) is 1.88. The van der Waals surface area contributed by atoms with Gasteiger partial charge in [-0.05, 0) is 22.8 Å². The van der Waals surface area contributed by atoms with E-state index in [0.29, 0.717) is 5.69 Å². The van der Waals surface area contributed by atoms with Gasteiger partial charge in [0.2, 0.25) is 0 Å². The summed E-state index contributed by atoms with van der Waals surface area (Å²) in [6, 6.07) is 23.4. The smallest absolute Gasteiger partial charge is 0.157 e. The number of pyridine rings is 1. The van der Waals surface area contributed by atoms with Crippen LogP contribution in [0.15, 0.2) is 79.0 Å². The summed E-state index contributed by atoms with van der Waals surface area (Å²) in [5, 5.41) is 11.7. The minimum absolute atomic E-state index is 0.630. The monoisotopic (exact) mass is 360 g/mol. The van der Waals surface area contributed by atoms with E-state index in [0.717, 1.165) is 49.5 Å². The van der Waals surface area contributed by atoms with Crippen molar-refractivity contribution >= 4 is 0 Å². The molecule has 1 fully saturated rings. The van der Waals surface area contributed by atoms with Crippen molar-refractivity contribution in [3.05, 3.63) is 101 Å². The predicted molar refractivity (Wildman–Crippen MR) is 105 cm³/mol. The number of hydrogen-bond acceptors (Lipinski definition) is 4. The first kappa shape index (κ1) is 17.9. The largest absolute Gasteiger partial charge is 0.379 e. The second kappa shape index (κ2) is 8.01. The number of benzene rings is 2. The van der Waals surface area contributed by atoms with Gasteiger partial charge in [0.15, 0.2) is 5.60 Å². The molecule has 138 valence electrons. The van der Waals surface area contributed by atoms with Gasteiger partial charge < -0.3 is 9.84 Å². The van der Waals surface area contributed by atoms with E-state index in [1.807, 2.05) is 72.9 Å². The van der Waals surface area contributed by atoms with E-state index in [1.165, 1.54) is 0 Å². The lowest BCUT2D eigenvalue weighted by molar-refractivity contribution is 0.0341. The van der Waals surface area contributed by atoms with Gasteiger partial charge in [-0.25, -0.2) is 0 Å². The van der Waals surface area contributed by atoms with Crippen molar-refractivity contribution in [3.63, 3.8) is 0 Å². The molecular weight excluding hydrogens is 336 g/mol. The Bertz CT molecular complexity index is 805. The van der Waals surface area contributed by atoms with Crippen LogP contribution in [0.3, 0.4) is 0 Å². The third kappa shape index (κ3) is 3.78. The van der Waals surface area contributed by atoms with Crippen molar-refractivity contribution in [2.24, 2.45) is 0 Å². The molecule has 0 atom stereocenters. The standard InChI is InChI=1S/C23H24N2O2/c26-23(20-7-3-1-4-8-20,21-9-5-2-6-10-21)22-12-11-19(17-24-22)18-25-13-15-27-16-14-25/h1-12,17,26H,13-16,18H2. The molecule has 0 aliphatic carbocycles. The van der Waals surface area contributed by atoms with Gasteiger partial charge in [-0.15, -0.1) is 0 Å². The molecule has 3 aromatic rings. The van der Waals surface area contributed by atoms with Crippen LogP contribution in [-0.4, -0.2) is 41.3 Å². The molecule has 2 heterocycles. The average molecular weight is 360 g/mol. The highest BCUT2D eigenvalue weighted by molar-refractivity contribution is 5.44. The molecule has 2 aromatic carbocycles. The van der Waals surface area contributed by atoms with Gasteiger partial charge in [0, 0.05) is 25.8 Å². The normalized spacial score (nSPS) is 15.6. The molecule has 27 heavy (non-hydrogen) atoms. The van der Waals surface area contributed by atoms with Gasteiger partial charge in [-0.3, -0.25) is 9.88 Å². The second-order valence-corrected chi connectivity index (χ2v) is 6.88. The van der Waals surface area contributed by atoms with E-state index in [1.54, 1.807) is 0 Å². The molecule has 0 saturated carbocycles. The van der Waals surface area contributed by atoms with Crippen molar-refractivity contribution in [3.8, 4) is 0 Å². The van der Waals surface area contributed by atoms with Gasteiger partial charge in [-0.1, -0.05) is 66.7 Å². The number of ether oxygens (including phenoxy) is 1. The minimum atomic E-state index is -1.28. The lowest BCUT2D eigenvalue weighted by atomic mass is 9.83. The molecule has 0 unspecified atom stereocenters. The highest BCUT2D eigenvalue weighted by Crippen LogP contribution is 2.35. The van der Waals surface area contributed by atoms with E-state index in [-0.39, 0.29) is 0 Å². The van der Waals surface area contributed by atoms with E-state index >= 15 is 0 Å². The quantitative estimate of drug-likeness (QED) is 0.759. The molecule has 1 aliphatic heterocycles. The molecule has 0 bridgehead atoms. The molecule has 1 saturated heterocycles. The number of morpholine rings is 1. The predicted octanol–water partition coefficient (Wildman–Crippen LogP) is 3.20. The second-order valence-electron chi connectivity index (χ2n) is 6.88. The van der Waals surface area contributed by atoms with Crippen LogP contribution in [0.1, 0.15) is 22.4 Å². The lowest BCUT2D eigenvalue weighted by Crippen LogP contribution is -2.35. The Kier molecular flexibility index (Phi) is 5.30. The van der Waals surface area contributed by atoms with Gasteiger partial charge in [-0.2, -0.15) is 0 Å². The summed E-state index contributed by atoms with van der Waals surface area (Å²) in [5.41, 5.74) is 2.11. The van der Waals surface area contributed by atoms with Crippen LogP contribution in [0, 0.1) is 0 Å². The zero-order valence-electron chi connectivity index (χ0n) is 15.3. The fourth-order valence-electron chi connectivity index (χ4n) is 3.57. The molecule has 0 spiro atoms. The number of rotatable bonds is 5. The Morgan fingerprint density at radius 3 is 1.96 bits per heavy atom. The van der Waals surface area contributed by atoms with Gasteiger partial charge in [0.05, 0.1) is 18.9 Å². The molecule has 1 aliphatic rings. The summed E-state index contributed by atoms with van der Waals surface area (Å²) in [5.74, 6) is 0. The maximum atomic E-state index is 11.7. The van der Waals surface area contributed by atoms with Crippen LogP contribution in [-0.2, 0) is 16.9 Å². The van der Waals surface area contributed by atoms with Gasteiger partial charge in [0.25, 0.3) is 0 Å². The maximum Gasteiger partial charge on any atom is 0.157 e. The Morgan fingerprint density at radius 1 is 0.852 bits per heavy atom. The number of hydrogen-bond donors (Lipinski definition) is 1. The SMILES string of the molecule is OC(c1ccccc1)(c1ccccc1)c1ccc(CN2CCOCC2)cn1. The first-order valence-corrected chi connectivity index (χ1v) is 9.36. The van der Waals surface area contributed by atoms with Crippen LogP contribution in [0.5, 0.6) is 0 Å². The number of nitrogens with zero attached hydrogens (tertiary/aromatic N) is 2. The summed E-state index contributed by atoms with van der Waals surface area (Å²) >= 11 is 0. The van der Waals surface area contributed by atoms with E-state index in [4.69, 9.17) is 4.74 Å². The van der Waals surface area contributed by atoms with E-state index < -0.39 is 5.60 Å². The van der Waals surface area contributed by atoms with Crippen LogP contribution in [0.25, 0.3) is 0 Å². The van der Waals surface area contributed by atoms with Crippen molar-refractivity contribution in [2.75, 3.05) is 26.3 Å². The highest BCUT2D eigenvalue weighted by Gasteiger charge is 2.35. The molecule has 1 N–H and O–H groups in total. The lowest BCUT2D eigenvalue weighted by Gasteiger charge is -2.29. The Hall–Kier alpha value is -2.53. The van der Waals surface area contributed by atoms with Crippen LogP contribution in [0.4, 0.5) is 0 Å². The van der Waals surface area contributed by atoms with Gasteiger partial charge in [0.1, 0.15) is 0 Å². The molecule has 4 heteroatoms. The van der Waals surface area contributed by atoms with Crippen molar-refractivity contribution < 1.29 is 9.84 Å². The number of aromatic nitrogens is 1. The van der Waals surface area contributed by atoms with Gasteiger partial charge >= 0.3 is 0 Å². The average Bonchev–Trinajstić information content (AvgIpc) is 2.76. The maximum absolute atomic E-state index is 11.7. The summed E-state index contributed by atoms with van der Waals surface area (Å²) in [4.78, 5) is 7.02. The van der Waals surface area contributed by atoms with Crippen molar-refractivity contribution in [1.82, 2.24) is 9.88 Å². The summed E-state index contributed by atoms with van der Waals surface area (Å²) in [6.45, 7) is 4.31. The molecule has 1 aromatic heterocycles. The minimum Gasteiger partial charge on any atom is -0.379 e. The van der Waals surface area contributed by atoms with Crippen LogP contribution < -0.4 is 0 Å². The van der Waals surface area contributed by atoms with E-state index in [2.05, 4.69) is 16.0 Å². The highest BCUT2D eigenvalue weighted by atomic mass is 16.5. The molecule has 0 radical (unpaired) electrons. The van der Waals surface area contributed by atoms with E-state index in [9.17, 15) is 5.11 Å². The topological polar surface area (TPSA) is 45.6 Å². The van der Waals surface area contributed by atoms with Crippen molar-refractivity contribution in [1.29, 1.82) is 0 Å². The fourth-order valence-corrected chi connectivity index (χ4v) is 3.57. The Morgan fingerprint density at radius 2 is 1.44 bits per heavy atom. The first-order valence-electron chi connectivity index (χ1n) is 9.36. The van der Waals surface area contributed by atoms with Crippen molar-refractivity contribution in [2.45, 2.75) is 12.1 Å². The molecule has 4 nitrogen and oxygen atoms in total. The molecule has 0 amide bonds. The summed E-state index contributed by atoms with van der Waals surface area (Å²) < 4.78 is 5.41. The molecule has 4 rings (SSSR count). The first-order chi connectivity index (χ1) is 13.3. The fraction of sp³-hybridized carbons (Fsp3) is 0.261.